The van der Waals surface area contributed by atoms with Crippen molar-refractivity contribution in [2.45, 2.75) is 13.0 Å². The lowest BCUT2D eigenvalue weighted by Crippen LogP contribution is -2.19. The average Bonchev–Trinajstić information content (AvgIpc) is 2.38. The number of hydrogen-bond acceptors (Lipinski definition) is 1. The lowest BCUT2D eigenvalue weighted by molar-refractivity contribution is 0.551. The zero-order valence-corrected chi connectivity index (χ0v) is 11.7. The summed E-state index contributed by atoms with van der Waals surface area (Å²) in [6.45, 7) is 1.60. The molecule has 106 valence electrons. The largest absolute Gasteiger partial charge is 0.309 e. The van der Waals surface area contributed by atoms with E-state index in [1.54, 1.807) is 20.0 Å². The van der Waals surface area contributed by atoms with Crippen molar-refractivity contribution in [3.05, 3.63) is 69.5 Å². The first kappa shape index (κ1) is 14.9. The van der Waals surface area contributed by atoms with Crippen molar-refractivity contribution >= 4 is 11.6 Å². The van der Waals surface area contributed by atoms with E-state index in [1.807, 2.05) is 0 Å². The second kappa shape index (κ2) is 5.85. The number of halogens is 4. The molecular weight excluding hydrogens is 287 g/mol. The van der Waals surface area contributed by atoms with Crippen molar-refractivity contribution in [1.82, 2.24) is 5.32 Å². The molecule has 0 fully saturated rings. The van der Waals surface area contributed by atoms with Gasteiger partial charge in [0.1, 0.15) is 17.5 Å². The Kier molecular flexibility index (Phi) is 4.35. The molecule has 1 unspecified atom stereocenters. The molecule has 0 spiro atoms. The van der Waals surface area contributed by atoms with Gasteiger partial charge in [-0.3, -0.25) is 0 Å². The van der Waals surface area contributed by atoms with E-state index < -0.39 is 23.5 Å². The highest BCUT2D eigenvalue weighted by Crippen LogP contribution is 2.31. The highest BCUT2D eigenvalue weighted by Gasteiger charge is 2.20. The molecule has 0 amide bonds. The standard InChI is InChI=1S/C15H13ClF3N/c1-8-5-11(12(16)7-13(8)18)15(20-2)10-4-3-9(17)6-14(10)19/h3-7,15,20H,1-2H3. The fraction of sp³-hybridized carbons (Fsp3) is 0.200. The van der Waals surface area contributed by atoms with Crippen LogP contribution in [0.1, 0.15) is 22.7 Å². The Labute approximate surface area is 120 Å². The summed E-state index contributed by atoms with van der Waals surface area (Å²) >= 11 is 6.03. The summed E-state index contributed by atoms with van der Waals surface area (Å²) in [6, 6.07) is 5.50. The van der Waals surface area contributed by atoms with Crippen molar-refractivity contribution in [1.29, 1.82) is 0 Å². The van der Waals surface area contributed by atoms with Gasteiger partial charge in [0.2, 0.25) is 0 Å². The Balaban J connectivity index is 2.55. The predicted molar refractivity (Wildman–Crippen MR) is 73.4 cm³/mol. The van der Waals surface area contributed by atoms with Gasteiger partial charge < -0.3 is 5.32 Å². The molecule has 0 bridgehead atoms. The van der Waals surface area contributed by atoms with Crippen LogP contribution in [0.5, 0.6) is 0 Å². The Morgan fingerprint density at radius 3 is 2.30 bits per heavy atom. The van der Waals surface area contributed by atoms with Crippen LogP contribution in [-0.2, 0) is 0 Å². The second-order valence-corrected chi connectivity index (χ2v) is 4.92. The summed E-state index contributed by atoms with van der Waals surface area (Å²) in [5, 5.41) is 3.10. The van der Waals surface area contributed by atoms with Crippen LogP contribution >= 0.6 is 11.6 Å². The summed E-state index contributed by atoms with van der Waals surface area (Å²) in [5.74, 6) is -1.75. The SMILES string of the molecule is CNC(c1ccc(F)cc1F)c1cc(C)c(F)cc1Cl. The van der Waals surface area contributed by atoms with Crippen LogP contribution in [0.2, 0.25) is 5.02 Å². The number of benzene rings is 2. The molecular formula is C15H13ClF3N. The Morgan fingerprint density at radius 2 is 1.70 bits per heavy atom. The first-order chi connectivity index (χ1) is 9.43. The summed E-state index contributed by atoms with van der Waals surface area (Å²) in [6.07, 6.45) is 0. The van der Waals surface area contributed by atoms with Crippen LogP contribution < -0.4 is 5.32 Å². The van der Waals surface area contributed by atoms with E-state index >= 15 is 0 Å². The monoisotopic (exact) mass is 299 g/mol. The van der Waals surface area contributed by atoms with Crippen molar-refractivity contribution in [2.75, 3.05) is 7.05 Å². The predicted octanol–water partition coefficient (Wildman–Crippen LogP) is 4.37. The van der Waals surface area contributed by atoms with Crippen molar-refractivity contribution < 1.29 is 13.2 Å². The second-order valence-electron chi connectivity index (χ2n) is 4.51. The molecule has 0 heterocycles. The first-order valence-corrected chi connectivity index (χ1v) is 6.39. The molecule has 0 aliphatic heterocycles. The van der Waals surface area contributed by atoms with Crippen molar-refractivity contribution in [3.63, 3.8) is 0 Å². The maximum Gasteiger partial charge on any atom is 0.131 e. The molecule has 0 saturated carbocycles. The van der Waals surface area contributed by atoms with E-state index in [2.05, 4.69) is 5.32 Å². The van der Waals surface area contributed by atoms with E-state index in [4.69, 9.17) is 11.6 Å². The molecule has 0 aromatic heterocycles. The average molecular weight is 300 g/mol. The highest BCUT2D eigenvalue weighted by atomic mass is 35.5. The van der Waals surface area contributed by atoms with Crippen LogP contribution in [0.3, 0.4) is 0 Å². The fourth-order valence-corrected chi connectivity index (χ4v) is 2.37. The molecule has 0 radical (unpaired) electrons. The van der Waals surface area contributed by atoms with Gasteiger partial charge in [0.25, 0.3) is 0 Å². The minimum atomic E-state index is -0.678. The number of rotatable bonds is 3. The van der Waals surface area contributed by atoms with Gasteiger partial charge in [-0.2, -0.15) is 0 Å². The Bertz CT molecular complexity index is 643. The first-order valence-electron chi connectivity index (χ1n) is 6.01. The lowest BCUT2D eigenvalue weighted by Gasteiger charge is -2.20. The molecule has 0 aliphatic rings. The highest BCUT2D eigenvalue weighted by molar-refractivity contribution is 6.31. The van der Waals surface area contributed by atoms with Gasteiger partial charge in [0.05, 0.1) is 6.04 Å². The Morgan fingerprint density at radius 1 is 1.00 bits per heavy atom. The van der Waals surface area contributed by atoms with Gasteiger partial charge in [-0.25, -0.2) is 13.2 Å². The van der Waals surface area contributed by atoms with Crippen molar-refractivity contribution in [3.8, 4) is 0 Å². The van der Waals surface area contributed by atoms with Gasteiger partial charge in [-0.05, 0) is 43.3 Å². The normalized spacial score (nSPS) is 12.5. The van der Waals surface area contributed by atoms with Crippen LogP contribution in [0.25, 0.3) is 0 Å². The zero-order valence-electron chi connectivity index (χ0n) is 11.0. The molecule has 2 aromatic rings. The molecule has 2 rings (SSSR count). The van der Waals surface area contributed by atoms with Gasteiger partial charge in [-0.15, -0.1) is 0 Å². The van der Waals surface area contributed by atoms with Crippen LogP contribution in [0.15, 0.2) is 30.3 Å². The topological polar surface area (TPSA) is 12.0 Å². The Hall–Kier alpha value is -1.52. The van der Waals surface area contributed by atoms with Gasteiger partial charge in [-0.1, -0.05) is 17.7 Å². The van der Waals surface area contributed by atoms with Crippen molar-refractivity contribution in [2.24, 2.45) is 0 Å². The molecule has 1 N–H and O–H groups in total. The van der Waals surface area contributed by atoms with Gasteiger partial charge in [0.15, 0.2) is 0 Å². The van der Waals surface area contributed by atoms with Crippen LogP contribution in [0, 0.1) is 24.4 Å². The molecule has 5 heteroatoms. The maximum absolute atomic E-state index is 13.9. The van der Waals surface area contributed by atoms with E-state index in [1.165, 1.54) is 18.2 Å². The number of hydrogen-bond donors (Lipinski definition) is 1. The molecule has 2 aromatic carbocycles. The van der Waals surface area contributed by atoms with E-state index in [9.17, 15) is 13.2 Å². The third-order valence-electron chi connectivity index (χ3n) is 3.15. The minimum Gasteiger partial charge on any atom is -0.309 e. The third kappa shape index (κ3) is 2.81. The quantitative estimate of drug-likeness (QED) is 0.887. The molecule has 0 saturated heterocycles. The molecule has 1 nitrogen and oxygen atoms in total. The van der Waals surface area contributed by atoms with Gasteiger partial charge >= 0.3 is 0 Å². The van der Waals surface area contributed by atoms with Crippen LogP contribution in [0.4, 0.5) is 13.2 Å². The summed E-state index contributed by atoms with van der Waals surface area (Å²) in [5.41, 5.74) is 1.20. The number of nitrogens with one attached hydrogen (secondary N) is 1. The summed E-state index contributed by atoms with van der Waals surface area (Å²) in [7, 11) is 1.63. The molecule has 0 aliphatic carbocycles. The fourth-order valence-electron chi connectivity index (χ4n) is 2.11. The number of aryl methyl sites for hydroxylation is 1. The summed E-state index contributed by atoms with van der Waals surface area (Å²) in [4.78, 5) is 0. The van der Waals surface area contributed by atoms with Gasteiger partial charge in [0, 0.05) is 16.7 Å². The summed E-state index contributed by atoms with van der Waals surface area (Å²) < 4.78 is 40.3. The smallest absolute Gasteiger partial charge is 0.131 e. The lowest BCUT2D eigenvalue weighted by atomic mass is 9.96. The molecule has 1 atom stereocenters. The minimum absolute atomic E-state index is 0.191. The van der Waals surface area contributed by atoms with E-state index in [-0.39, 0.29) is 10.6 Å². The molecule has 20 heavy (non-hydrogen) atoms. The van der Waals surface area contributed by atoms with Crippen LogP contribution in [-0.4, -0.2) is 7.05 Å². The zero-order chi connectivity index (χ0) is 14.9. The third-order valence-corrected chi connectivity index (χ3v) is 3.48. The maximum atomic E-state index is 13.9. The van der Waals surface area contributed by atoms with E-state index in [0.717, 1.165) is 6.07 Å². The van der Waals surface area contributed by atoms with E-state index in [0.29, 0.717) is 11.1 Å².